The fourth-order valence-electron chi connectivity index (χ4n) is 3.73. The van der Waals surface area contributed by atoms with Crippen LogP contribution in [0.4, 0.5) is 4.39 Å². The van der Waals surface area contributed by atoms with Crippen LogP contribution in [0, 0.1) is 0 Å². The second-order valence-electron chi connectivity index (χ2n) is 8.21. The van der Waals surface area contributed by atoms with Gasteiger partial charge in [0.05, 0.1) is 0 Å². The predicted octanol–water partition coefficient (Wildman–Crippen LogP) is 3.85. The zero-order valence-electron chi connectivity index (χ0n) is 14.1. The maximum atomic E-state index is 13.9. The minimum Gasteiger partial charge on any atom is -0.300 e. The van der Waals surface area contributed by atoms with Gasteiger partial charge in [-0.3, -0.25) is 4.90 Å². The van der Waals surface area contributed by atoms with Gasteiger partial charge >= 0.3 is 0 Å². The van der Waals surface area contributed by atoms with E-state index in [0.29, 0.717) is 24.9 Å². The fourth-order valence-corrected chi connectivity index (χ4v) is 3.73. The first kappa shape index (κ1) is 16.2. The molecule has 0 aromatic heterocycles. The molecule has 1 heterocycles. The van der Waals surface area contributed by atoms with E-state index in [-0.39, 0.29) is 5.54 Å². The molecule has 0 amide bonds. The second kappa shape index (κ2) is 5.92. The van der Waals surface area contributed by atoms with Crippen molar-refractivity contribution in [3.05, 3.63) is 0 Å². The normalized spacial score (nSPS) is 32.5. The molecule has 0 radical (unpaired) electrons. The summed E-state index contributed by atoms with van der Waals surface area (Å²) in [5.74, 6) is 0. The molecule has 2 aliphatic rings. The number of likely N-dealkylation sites (tertiary alicyclic amines) is 1. The molecule has 3 heteroatoms. The van der Waals surface area contributed by atoms with Crippen LogP contribution in [0.2, 0.25) is 0 Å². The molecule has 2 nitrogen and oxygen atoms in total. The van der Waals surface area contributed by atoms with Gasteiger partial charge < -0.3 is 4.90 Å². The first-order chi connectivity index (χ1) is 9.19. The minimum atomic E-state index is -0.924. The van der Waals surface area contributed by atoms with Crippen LogP contribution >= 0.6 is 0 Å². The molecule has 0 spiro atoms. The predicted molar refractivity (Wildman–Crippen MR) is 83.9 cm³/mol. The summed E-state index contributed by atoms with van der Waals surface area (Å²) < 4.78 is 13.9. The Balaban J connectivity index is 1.91. The Hall–Kier alpha value is -0.150. The number of halogens is 1. The van der Waals surface area contributed by atoms with Crippen molar-refractivity contribution in [2.45, 2.75) is 89.5 Å². The zero-order valence-corrected chi connectivity index (χ0v) is 14.1. The van der Waals surface area contributed by atoms with Gasteiger partial charge in [0.1, 0.15) is 5.67 Å². The number of nitrogens with zero attached hydrogens (tertiary/aromatic N) is 2. The van der Waals surface area contributed by atoms with Crippen molar-refractivity contribution >= 4 is 0 Å². The zero-order chi connectivity index (χ0) is 15.0. The molecule has 1 aliphatic heterocycles. The number of alkyl halides is 1. The van der Waals surface area contributed by atoms with E-state index in [1.54, 1.807) is 6.92 Å². The Labute approximate surface area is 124 Å². The Kier molecular flexibility index (Phi) is 4.80. The Morgan fingerprint density at radius 3 is 2.30 bits per heavy atom. The van der Waals surface area contributed by atoms with Gasteiger partial charge in [0, 0.05) is 30.7 Å². The van der Waals surface area contributed by atoms with Crippen molar-refractivity contribution in [1.82, 2.24) is 9.80 Å². The van der Waals surface area contributed by atoms with E-state index in [2.05, 4.69) is 37.6 Å². The van der Waals surface area contributed by atoms with Gasteiger partial charge in [-0.05, 0) is 66.8 Å². The van der Waals surface area contributed by atoms with Crippen molar-refractivity contribution in [2.24, 2.45) is 0 Å². The highest BCUT2D eigenvalue weighted by molar-refractivity contribution is 4.91. The fraction of sp³-hybridized carbons (Fsp3) is 1.00. The molecule has 2 fully saturated rings. The number of hydrogen-bond donors (Lipinski definition) is 0. The van der Waals surface area contributed by atoms with E-state index < -0.39 is 5.67 Å². The van der Waals surface area contributed by atoms with Gasteiger partial charge in [-0.2, -0.15) is 0 Å². The molecule has 0 bridgehead atoms. The van der Waals surface area contributed by atoms with Crippen molar-refractivity contribution in [3.63, 3.8) is 0 Å². The van der Waals surface area contributed by atoms with Crippen LogP contribution in [0.15, 0.2) is 0 Å². The smallest absolute Gasteiger partial charge is 0.110 e. The summed E-state index contributed by atoms with van der Waals surface area (Å²) in [5.41, 5.74) is -0.682. The highest BCUT2D eigenvalue weighted by atomic mass is 19.1. The summed E-state index contributed by atoms with van der Waals surface area (Å²) in [4.78, 5) is 5.10. The largest absolute Gasteiger partial charge is 0.300 e. The molecule has 2 atom stereocenters. The lowest BCUT2D eigenvalue weighted by molar-refractivity contribution is 0.0135. The van der Waals surface area contributed by atoms with Crippen molar-refractivity contribution in [3.8, 4) is 0 Å². The van der Waals surface area contributed by atoms with Crippen LogP contribution < -0.4 is 0 Å². The molecule has 1 aliphatic carbocycles. The van der Waals surface area contributed by atoms with Gasteiger partial charge in [0.25, 0.3) is 0 Å². The lowest BCUT2D eigenvalue weighted by Gasteiger charge is -2.46. The van der Waals surface area contributed by atoms with Gasteiger partial charge in [0.15, 0.2) is 0 Å². The van der Waals surface area contributed by atoms with Crippen LogP contribution in [0.1, 0.15) is 66.2 Å². The van der Waals surface area contributed by atoms with Gasteiger partial charge in [-0.25, -0.2) is 4.39 Å². The highest BCUT2D eigenvalue weighted by Gasteiger charge is 2.36. The van der Waals surface area contributed by atoms with E-state index >= 15 is 0 Å². The van der Waals surface area contributed by atoms with Gasteiger partial charge in [-0.15, -0.1) is 0 Å². The SMILES string of the molecule is CN([C@@H]1CCC[C@H](N2CCC(C)(F)CC2)C1)C(C)(C)C. The van der Waals surface area contributed by atoms with Crippen LogP contribution in [0.3, 0.4) is 0 Å². The topological polar surface area (TPSA) is 6.48 Å². The third-order valence-corrected chi connectivity index (χ3v) is 5.58. The molecule has 0 N–H and O–H groups in total. The summed E-state index contributed by atoms with van der Waals surface area (Å²) in [6.45, 7) is 10.6. The number of hydrogen-bond acceptors (Lipinski definition) is 2. The molecular formula is C17H33FN2. The molecule has 1 saturated carbocycles. The quantitative estimate of drug-likeness (QED) is 0.760. The average Bonchev–Trinajstić information content (AvgIpc) is 2.37. The number of piperidine rings is 1. The van der Waals surface area contributed by atoms with Gasteiger partial charge in [-0.1, -0.05) is 6.42 Å². The van der Waals surface area contributed by atoms with E-state index in [1.165, 1.54) is 25.7 Å². The van der Waals surface area contributed by atoms with Crippen molar-refractivity contribution < 1.29 is 4.39 Å². The summed E-state index contributed by atoms with van der Waals surface area (Å²) in [5, 5.41) is 0. The monoisotopic (exact) mass is 284 g/mol. The first-order valence-electron chi connectivity index (χ1n) is 8.35. The molecular weight excluding hydrogens is 251 g/mol. The van der Waals surface area contributed by atoms with Crippen LogP contribution in [0.5, 0.6) is 0 Å². The summed E-state index contributed by atoms with van der Waals surface area (Å²) in [6, 6.07) is 1.36. The maximum Gasteiger partial charge on any atom is 0.110 e. The average molecular weight is 284 g/mol. The molecule has 0 aromatic rings. The molecule has 118 valence electrons. The standard InChI is InChI=1S/C17H33FN2/c1-16(2,3)19(5)14-7-6-8-15(13-14)20-11-9-17(4,18)10-12-20/h14-15H,6-13H2,1-5H3/t14-,15+/m1/s1. The van der Waals surface area contributed by atoms with E-state index in [9.17, 15) is 4.39 Å². The van der Waals surface area contributed by atoms with E-state index in [1.807, 2.05) is 0 Å². The van der Waals surface area contributed by atoms with E-state index in [4.69, 9.17) is 0 Å². The summed E-state index contributed by atoms with van der Waals surface area (Å²) in [7, 11) is 2.27. The maximum absolute atomic E-state index is 13.9. The lowest BCUT2D eigenvalue weighted by Crippen LogP contribution is -2.52. The van der Waals surface area contributed by atoms with Crippen molar-refractivity contribution in [1.29, 1.82) is 0 Å². The first-order valence-corrected chi connectivity index (χ1v) is 8.35. The summed E-state index contributed by atoms with van der Waals surface area (Å²) in [6.07, 6.45) is 6.62. The van der Waals surface area contributed by atoms with Crippen LogP contribution in [-0.4, -0.2) is 53.2 Å². The Morgan fingerprint density at radius 2 is 1.75 bits per heavy atom. The van der Waals surface area contributed by atoms with Crippen LogP contribution in [-0.2, 0) is 0 Å². The molecule has 0 unspecified atom stereocenters. The summed E-state index contributed by atoms with van der Waals surface area (Å²) >= 11 is 0. The Bertz CT molecular complexity index is 311. The lowest BCUT2D eigenvalue weighted by atomic mass is 9.85. The van der Waals surface area contributed by atoms with Crippen LogP contribution in [0.25, 0.3) is 0 Å². The second-order valence-corrected chi connectivity index (χ2v) is 8.21. The molecule has 0 aromatic carbocycles. The third-order valence-electron chi connectivity index (χ3n) is 5.58. The van der Waals surface area contributed by atoms with Gasteiger partial charge in [0.2, 0.25) is 0 Å². The highest BCUT2D eigenvalue weighted by Crippen LogP contribution is 2.33. The molecule has 2 rings (SSSR count). The Morgan fingerprint density at radius 1 is 1.15 bits per heavy atom. The molecule has 1 saturated heterocycles. The van der Waals surface area contributed by atoms with E-state index in [0.717, 1.165) is 13.1 Å². The third kappa shape index (κ3) is 3.94. The molecule has 20 heavy (non-hydrogen) atoms. The number of rotatable bonds is 2. The minimum absolute atomic E-state index is 0.242. The van der Waals surface area contributed by atoms with Crippen molar-refractivity contribution in [2.75, 3.05) is 20.1 Å².